The number of halogens is 1. The van der Waals surface area contributed by atoms with Crippen molar-refractivity contribution in [2.45, 2.75) is 0 Å². The molecule has 176 valence electrons. The number of phenols is 2. The molecule has 0 fully saturated rings. The van der Waals surface area contributed by atoms with Gasteiger partial charge in [-0.2, -0.15) is 0 Å². The van der Waals surface area contributed by atoms with E-state index in [0.29, 0.717) is 23.0 Å². The molecule has 7 nitrogen and oxygen atoms in total. The van der Waals surface area contributed by atoms with Gasteiger partial charge in [-0.25, -0.2) is 0 Å². The Labute approximate surface area is 196 Å². The summed E-state index contributed by atoms with van der Waals surface area (Å²) < 4.78 is 21.5. The molecular formula is C24H32ClNO6. The average molecular weight is 466 g/mol. The molecule has 8 heteroatoms. The van der Waals surface area contributed by atoms with Crippen molar-refractivity contribution in [3.05, 3.63) is 47.5 Å². The Morgan fingerprint density at radius 2 is 0.938 bits per heavy atom. The zero-order valence-electron chi connectivity index (χ0n) is 19.4. The van der Waals surface area contributed by atoms with Crippen LogP contribution in [0, 0.1) is 0 Å². The van der Waals surface area contributed by atoms with Crippen LogP contribution in [-0.2, 0) is 0 Å². The number of phenolic OH excluding ortho intramolecular Hbond substituents is 2. The Bertz CT molecular complexity index is 830. The van der Waals surface area contributed by atoms with E-state index >= 15 is 0 Å². The molecule has 0 heterocycles. The van der Waals surface area contributed by atoms with Crippen LogP contribution in [0.2, 0.25) is 0 Å². The number of hydrogen-bond donors (Lipinski definition) is 2. The van der Waals surface area contributed by atoms with Crippen LogP contribution >= 0.6 is 0 Å². The standard InChI is InChI=1S/C24H31NO6.ClH/c1-25(2,11-7-9-17-13-19(28-3)23(26)20(14-17)29-4)12-8-10-18-15-21(30-5)24(27)22(16-18)31-6;/h7-10,13-16H,11-12H2,1-6H3,(H-,26,27);1H/b9-7+,10-8+;. The summed E-state index contributed by atoms with van der Waals surface area (Å²) in [6.45, 7) is 1.58. The lowest BCUT2D eigenvalue weighted by Gasteiger charge is -2.27. The van der Waals surface area contributed by atoms with Gasteiger partial charge in [0.2, 0.25) is 11.5 Å². The molecule has 0 bridgehead atoms. The van der Waals surface area contributed by atoms with Crippen molar-refractivity contribution in [1.82, 2.24) is 0 Å². The van der Waals surface area contributed by atoms with Gasteiger partial charge in [0.1, 0.15) is 0 Å². The molecular weight excluding hydrogens is 434 g/mol. The lowest BCUT2D eigenvalue weighted by atomic mass is 10.1. The van der Waals surface area contributed by atoms with Crippen molar-refractivity contribution < 1.29 is 46.1 Å². The third kappa shape index (κ3) is 7.00. The fourth-order valence-electron chi connectivity index (χ4n) is 3.04. The van der Waals surface area contributed by atoms with Crippen molar-refractivity contribution in [3.63, 3.8) is 0 Å². The van der Waals surface area contributed by atoms with E-state index in [9.17, 15) is 10.2 Å². The second-order valence-corrected chi connectivity index (χ2v) is 7.65. The summed E-state index contributed by atoms with van der Waals surface area (Å²) in [5.74, 6) is 1.47. The summed E-state index contributed by atoms with van der Waals surface area (Å²) in [6, 6.07) is 7.05. The number of benzene rings is 2. The second-order valence-electron chi connectivity index (χ2n) is 7.65. The predicted octanol–water partition coefficient (Wildman–Crippen LogP) is 0.939. The van der Waals surface area contributed by atoms with Gasteiger partial charge in [0.05, 0.1) is 55.6 Å². The highest BCUT2D eigenvalue weighted by Crippen LogP contribution is 2.38. The third-order valence-corrected chi connectivity index (χ3v) is 4.82. The Hall–Kier alpha value is -3.03. The highest BCUT2D eigenvalue weighted by atomic mass is 35.5. The molecule has 0 aliphatic heterocycles. The molecule has 2 rings (SSSR count). The molecule has 0 saturated heterocycles. The highest BCUT2D eigenvalue weighted by molar-refractivity contribution is 5.62. The molecule has 32 heavy (non-hydrogen) atoms. The molecule has 2 N–H and O–H groups in total. The Balaban J connectivity index is 0.00000512. The van der Waals surface area contributed by atoms with Crippen LogP contribution in [0.4, 0.5) is 0 Å². The van der Waals surface area contributed by atoms with E-state index in [-0.39, 0.29) is 23.9 Å². The Morgan fingerprint density at radius 1 is 0.656 bits per heavy atom. The first-order chi connectivity index (χ1) is 14.7. The SMILES string of the molecule is COc1cc(/C=C/C[N+](C)(C)C/C=C/c2cc(OC)c(O)c(OC)c2)cc(OC)c1O.[Cl-]. The van der Waals surface area contributed by atoms with Crippen LogP contribution in [0.15, 0.2) is 36.4 Å². The van der Waals surface area contributed by atoms with Crippen LogP contribution in [0.5, 0.6) is 34.5 Å². The number of ether oxygens (including phenoxy) is 4. The van der Waals surface area contributed by atoms with E-state index < -0.39 is 0 Å². The predicted molar refractivity (Wildman–Crippen MR) is 122 cm³/mol. The van der Waals surface area contributed by atoms with E-state index in [1.54, 1.807) is 24.3 Å². The molecule has 0 aromatic heterocycles. The monoisotopic (exact) mass is 465 g/mol. The maximum Gasteiger partial charge on any atom is 0.200 e. The highest BCUT2D eigenvalue weighted by Gasteiger charge is 2.13. The molecule has 2 aromatic carbocycles. The van der Waals surface area contributed by atoms with Crippen molar-refractivity contribution >= 4 is 12.2 Å². The van der Waals surface area contributed by atoms with E-state index in [1.807, 2.05) is 12.2 Å². The van der Waals surface area contributed by atoms with Gasteiger partial charge in [-0.15, -0.1) is 0 Å². The number of hydrogen-bond acceptors (Lipinski definition) is 6. The van der Waals surface area contributed by atoms with Crippen LogP contribution in [0.3, 0.4) is 0 Å². The minimum atomic E-state index is -0.00844. The second kappa shape index (κ2) is 12.1. The largest absolute Gasteiger partial charge is 1.00 e. The maximum atomic E-state index is 10.0. The quantitative estimate of drug-likeness (QED) is 0.509. The van der Waals surface area contributed by atoms with E-state index in [4.69, 9.17) is 18.9 Å². The first-order valence-electron chi connectivity index (χ1n) is 9.79. The summed E-state index contributed by atoms with van der Waals surface area (Å²) in [6.07, 6.45) is 8.10. The lowest BCUT2D eigenvalue weighted by Crippen LogP contribution is -3.00. The summed E-state index contributed by atoms with van der Waals surface area (Å²) >= 11 is 0. The van der Waals surface area contributed by atoms with Gasteiger partial charge < -0.3 is 46.1 Å². The van der Waals surface area contributed by atoms with E-state index in [2.05, 4.69) is 26.2 Å². The molecule has 0 radical (unpaired) electrons. The van der Waals surface area contributed by atoms with Crippen LogP contribution in [0.25, 0.3) is 12.2 Å². The molecule has 0 unspecified atom stereocenters. The number of quaternary nitrogens is 1. The molecule has 0 saturated carbocycles. The van der Waals surface area contributed by atoms with Gasteiger partial charge in [0.15, 0.2) is 23.0 Å². The first-order valence-corrected chi connectivity index (χ1v) is 9.79. The summed E-state index contributed by atoms with van der Waals surface area (Å²) in [5.41, 5.74) is 1.76. The van der Waals surface area contributed by atoms with Crippen molar-refractivity contribution in [2.75, 3.05) is 55.6 Å². The molecule has 0 atom stereocenters. The maximum absolute atomic E-state index is 10.0. The summed E-state index contributed by atoms with van der Waals surface area (Å²) in [4.78, 5) is 0. The van der Waals surface area contributed by atoms with Crippen LogP contribution < -0.4 is 31.4 Å². The van der Waals surface area contributed by atoms with E-state index in [1.165, 1.54) is 28.4 Å². The van der Waals surface area contributed by atoms with Crippen LogP contribution in [0.1, 0.15) is 11.1 Å². The lowest BCUT2D eigenvalue weighted by molar-refractivity contribution is -0.878. The number of methoxy groups -OCH3 is 4. The first kappa shape index (κ1) is 27.0. The molecule has 2 aromatic rings. The third-order valence-electron chi connectivity index (χ3n) is 4.82. The Morgan fingerprint density at radius 3 is 1.19 bits per heavy atom. The van der Waals surface area contributed by atoms with Crippen molar-refractivity contribution in [3.8, 4) is 34.5 Å². The van der Waals surface area contributed by atoms with Gasteiger partial charge in [-0.1, -0.05) is 12.2 Å². The number of aromatic hydroxyl groups is 2. The van der Waals surface area contributed by atoms with Crippen molar-refractivity contribution in [1.29, 1.82) is 0 Å². The minimum Gasteiger partial charge on any atom is -1.00 e. The number of rotatable bonds is 10. The van der Waals surface area contributed by atoms with Crippen molar-refractivity contribution in [2.24, 2.45) is 0 Å². The zero-order chi connectivity index (χ0) is 23.0. The molecule has 0 aliphatic carbocycles. The Kier molecular flexibility index (Phi) is 10.2. The molecule has 0 aliphatic rings. The fraction of sp³-hybridized carbons (Fsp3) is 0.333. The van der Waals surface area contributed by atoms with Gasteiger partial charge in [-0.3, -0.25) is 0 Å². The average Bonchev–Trinajstić information content (AvgIpc) is 2.75. The van der Waals surface area contributed by atoms with Gasteiger partial charge in [-0.05, 0) is 47.5 Å². The van der Waals surface area contributed by atoms with Gasteiger partial charge in [0.25, 0.3) is 0 Å². The van der Waals surface area contributed by atoms with Crippen LogP contribution in [-0.4, -0.2) is 70.3 Å². The number of nitrogens with zero attached hydrogens (tertiary/aromatic N) is 1. The smallest absolute Gasteiger partial charge is 0.200 e. The van der Waals surface area contributed by atoms with E-state index in [0.717, 1.165) is 28.7 Å². The fourth-order valence-corrected chi connectivity index (χ4v) is 3.04. The molecule has 0 spiro atoms. The van der Waals surface area contributed by atoms with Gasteiger partial charge >= 0.3 is 0 Å². The van der Waals surface area contributed by atoms with Gasteiger partial charge in [0, 0.05) is 0 Å². The molecule has 0 amide bonds. The topological polar surface area (TPSA) is 77.4 Å². The zero-order valence-corrected chi connectivity index (χ0v) is 20.1. The summed E-state index contributed by atoms with van der Waals surface area (Å²) in [7, 11) is 10.3. The minimum absolute atomic E-state index is 0. The summed E-state index contributed by atoms with van der Waals surface area (Å²) in [5, 5.41) is 20.1. The number of likely N-dealkylation sites (N-methyl/N-ethyl adjacent to an activating group) is 1. The normalized spacial score (nSPS) is 11.4.